The van der Waals surface area contributed by atoms with E-state index >= 15 is 0 Å². The summed E-state index contributed by atoms with van der Waals surface area (Å²) in [6.45, 7) is 3.80. The average Bonchev–Trinajstić information content (AvgIpc) is 1.94. The van der Waals surface area contributed by atoms with Gasteiger partial charge in [-0.05, 0) is 13.8 Å². The highest BCUT2D eigenvalue weighted by Gasteiger charge is 1.92. The van der Waals surface area contributed by atoms with E-state index in [0.717, 1.165) is 11.4 Å². The second-order valence-electron chi connectivity index (χ2n) is 1.92. The van der Waals surface area contributed by atoms with Crippen LogP contribution in [0.1, 0.15) is 12.5 Å². The van der Waals surface area contributed by atoms with E-state index in [1.54, 1.807) is 12.4 Å². The molecule has 0 spiro atoms. The molecular formula is C7H9N3. The fraction of sp³-hybridized carbons (Fsp3) is 0.286. The lowest BCUT2D eigenvalue weighted by molar-refractivity contribution is 1.11. The predicted octanol–water partition coefficient (Wildman–Crippen LogP) is 1.51. The first-order valence-electron chi connectivity index (χ1n) is 3.10. The monoisotopic (exact) mass is 135 g/mol. The van der Waals surface area contributed by atoms with E-state index in [-0.39, 0.29) is 0 Å². The summed E-state index contributed by atoms with van der Waals surface area (Å²) in [6, 6.07) is 0. The van der Waals surface area contributed by atoms with Crippen LogP contribution in [0.25, 0.3) is 0 Å². The normalized spacial score (nSPS) is 10.6. The Balaban J connectivity index is 3.03. The van der Waals surface area contributed by atoms with E-state index in [9.17, 15) is 0 Å². The number of aromatic nitrogens is 2. The van der Waals surface area contributed by atoms with Gasteiger partial charge in [0, 0.05) is 18.0 Å². The smallest absolute Gasteiger partial charge is 0.157 e. The van der Waals surface area contributed by atoms with Crippen LogP contribution in [0.2, 0.25) is 0 Å². The van der Waals surface area contributed by atoms with Gasteiger partial charge in [0.15, 0.2) is 5.82 Å². The Morgan fingerprint density at radius 1 is 1.60 bits per heavy atom. The van der Waals surface area contributed by atoms with Crippen molar-refractivity contribution in [3.05, 3.63) is 18.1 Å². The Kier molecular flexibility index (Phi) is 2.10. The van der Waals surface area contributed by atoms with Crippen LogP contribution in [0.4, 0.5) is 5.82 Å². The first kappa shape index (κ1) is 6.86. The predicted molar refractivity (Wildman–Crippen MR) is 40.6 cm³/mol. The summed E-state index contributed by atoms with van der Waals surface area (Å²) in [5, 5.41) is 0. The van der Waals surface area contributed by atoms with E-state index in [1.165, 1.54) is 6.33 Å². The Labute approximate surface area is 59.9 Å². The molecule has 1 heterocycles. The zero-order valence-electron chi connectivity index (χ0n) is 6.07. The molecule has 0 atom stereocenters. The van der Waals surface area contributed by atoms with E-state index in [2.05, 4.69) is 15.0 Å². The molecule has 0 N–H and O–H groups in total. The van der Waals surface area contributed by atoms with Crippen molar-refractivity contribution >= 4 is 12.0 Å². The first-order valence-corrected chi connectivity index (χ1v) is 3.10. The van der Waals surface area contributed by atoms with Crippen LogP contribution in [-0.2, 0) is 0 Å². The highest BCUT2D eigenvalue weighted by Crippen LogP contribution is 2.10. The number of hydrogen-bond donors (Lipinski definition) is 0. The molecule has 0 saturated heterocycles. The summed E-state index contributed by atoms with van der Waals surface area (Å²) in [4.78, 5) is 11.8. The Bertz CT molecular complexity index is 242. The number of nitrogens with zero attached hydrogens (tertiary/aromatic N) is 3. The second-order valence-corrected chi connectivity index (χ2v) is 1.92. The summed E-state index contributed by atoms with van der Waals surface area (Å²) < 4.78 is 0. The Morgan fingerprint density at radius 2 is 2.40 bits per heavy atom. The summed E-state index contributed by atoms with van der Waals surface area (Å²) >= 11 is 0. The van der Waals surface area contributed by atoms with Gasteiger partial charge in [0.2, 0.25) is 0 Å². The summed E-state index contributed by atoms with van der Waals surface area (Å²) in [5.41, 5.74) is 1.00. The molecule has 1 aromatic heterocycles. The number of hydrogen-bond acceptors (Lipinski definition) is 3. The molecule has 0 aromatic carbocycles. The molecule has 0 fully saturated rings. The molecule has 0 aliphatic heterocycles. The van der Waals surface area contributed by atoms with Gasteiger partial charge in [-0.2, -0.15) is 0 Å². The highest BCUT2D eigenvalue weighted by molar-refractivity contribution is 5.59. The van der Waals surface area contributed by atoms with Crippen LogP contribution in [0, 0.1) is 6.92 Å². The van der Waals surface area contributed by atoms with Gasteiger partial charge in [-0.1, -0.05) is 0 Å². The van der Waals surface area contributed by atoms with Crippen molar-refractivity contribution < 1.29 is 0 Å². The maximum Gasteiger partial charge on any atom is 0.157 e. The molecule has 0 aliphatic carbocycles. The zero-order valence-corrected chi connectivity index (χ0v) is 6.07. The Morgan fingerprint density at radius 3 is 3.00 bits per heavy atom. The standard InChI is InChI=1S/C7H9N3/c1-3-9-7-6(2)4-8-5-10-7/h3-5H,1-2H3/b9-3-. The minimum absolute atomic E-state index is 0.748. The quantitative estimate of drug-likeness (QED) is 0.547. The third kappa shape index (κ3) is 1.37. The third-order valence-electron chi connectivity index (χ3n) is 1.12. The first-order chi connectivity index (χ1) is 4.84. The molecule has 1 rings (SSSR count). The van der Waals surface area contributed by atoms with Crippen molar-refractivity contribution in [1.82, 2.24) is 9.97 Å². The molecule has 3 heteroatoms. The van der Waals surface area contributed by atoms with Gasteiger partial charge in [-0.15, -0.1) is 0 Å². The van der Waals surface area contributed by atoms with Crippen molar-refractivity contribution in [3.8, 4) is 0 Å². The van der Waals surface area contributed by atoms with Crippen LogP contribution in [0.15, 0.2) is 17.5 Å². The van der Waals surface area contributed by atoms with Crippen LogP contribution in [0.3, 0.4) is 0 Å². The summed E-state index contributed by atoms with van der Waals surface area (Å²) in [5.74, 6) is 0.748. The fourth-order valence-electron chi connectivity index (χ4n) is 0.650. The zero-order chi connectivity index (χ0) is 7.40. The Hall–Kier alpha value is -1.25. The van der Waals surface area contributed by atoms with Crippen molar-refractivity contribution in [1.29, 1.82) is 0 Å². The lowest BCUT2D eigenvalue weighted by Crippen LogP contribution is -1.81. The molecule has 0 radical (unpaired) electrons. The summed E-state index contributed by atoms with van der Waals surface area (Å²) in [6.07, 6.45) is 4.96. The van der Waals surface area contributed by atoms with Gasteiger partial charge in [0.05, 0.1) is 0 Å². The van der Waals surface area contributed by atoms with Crippen LogP contribution in [-0.4, -0.2) is 16.2 Å². The van der Waals surface area contributed by atoms with Crippen molar-refractivity contribution in [2.45, 2.75) is 13.8 Å². The minimum Gasteiger partial charge on any atom is -0.244 e. The SMILES string of the molecule is C/C=N\c1ncncc1C. The molecule has 1 aromatic rings. The van der Waals surface area contributed by atoms with Gasteiger partial charge in [-0.3, -0.25) is 0 Å². The third-order valence-corrected chi connectivity index (χ3v) is 1.12. The largest absolute Gasteiger partial charge is 0.244 e. The van der Waals surface area contributed by atoms with Gasteiger partial charge in [0.1, 0.15) is 6.33 Å². The van der Waals surface area contributed by atoms with E-state index in [4.69, 9.17) is 0 Å². The van der Waals surface area contributed by atoms with Gasteiger partial charge in [-0.25, -0.2) is 15.0 Å². The number of aryl methyl sites for hydroxylation is 1. The van der Waals surface area contributed by atoms with Crippen LogP contribution in [0.5, 0.6) is 0 Å². The number of rotatable bonds is 1. The maximum atomic E-state index is 4.03. The van der Waals surface area contributed by atoms with Gasteiger partial charge >= 0.3 is 0 Å². The van der Waals surface area contributed by atoms with E-state index in [0.29, 0.717) is 0 Å². The topological polar surface area (TPSA) is 38.1 Å². The van der Waals surface area contributed by atoms with Crippen molar-refractivity contribution in [3.63, 3.8) is 0 Å². The molecule has 0 saturated carbocycles. The van der Waals surface area contributed by atoms with Gasteiger partial charge in [0.25, 0.3) is 0 Å². The van der Waals surface area contributed by atoms with Crippen LogP contribution >= 0.6 is 0 Å². The summed E-state index contributed by atoms with van der Waals surface area (Å²) in [7, 11) is 0. The average molecular weight is 135 g/mol. The lowest BCUT2D eigenvalue weighted by Gasteiger charge is -1.93. The molecular weight excluding hydrogens is 126 g/mol. The van der Waals surface area contributed by atoms with Crippen molar-refractivity contribution in [2.75, 3.05) is 0 Å². The fourth-order valence-corrected chi connectivity index (χ4v) is 0.650. The molecule has 10 heavy (non-hydrogen) atoms. The number of aliphatic imine (C=N–C) groups is 1. The van der Waals surface area contributed by atoms with Crippen LogP contribution < -0.4 is 0 Å². The molecule has 0 unspecified atom stereocenters. The van der Waals surface area contributed by atoms with Crippen molar-refractivity contribution in [2.24, 2.45) is 4.99 Å². The molecule has 3 nitrogen and oxygen atoms in total. The van der Waals surface area contributed by atoms with E-state index in [1.807, 2.05) is 13.8 Å². The molecule has 0 bridgehead atoms. The second kappa shape index (κ2) is 3.06. The molecule has 0 aliphatic rings. The van der Waals surface area contributed by atoms with E-state index < -0.39 is 0 Å². The minimum atomic E-state index is 0.748. The lowest BCUT2D eigenvalue weighted by atomic mass is 10.3. The maximum absolute atomic E-state index is 4.03. The molecule has 0 amide bonds. The highest BCUT2D eigenvalue weighted by atomic mass is 14.9. The molecule has 52 valence electrons. The van der Waals surface area contributed by atoms with Gasteiger partial charge < -0.3 is 0 Å².